The molecule has 0 amide bonds. The molecule has 1 aromatic rings. The van der Waals surface area contributed by atoms with Crippen LogP contribution in [0.2, 0.25) is 0 Å². The number of nitriles is 1. The number of hydrogen-bond donors (Lipinski definition) is 1. The van der Waals surface area contributed by atoms with Crippen LogP contribution < -0.4 is 10.5 Å². The van der Waals surface area contributed by atoms with E-state index >= 15 is 0 Å². The predicted octanol–water partition coefficient (Wildman–Crippen LogP) is 2.22. The van der Waals surface area contributed by atoms with Gasteiger partial charge in [0.15, 0.2) is 0 Å². The fraction of sp³-hybridized carbons (Fsp3) is 0.500. The molecule has 6 nitrogen and oxygen atoms in total. The van der Waals surface area contributed by atoms with E-state index in [0.29, 0.717) is 16.9 Å². The fourth-order valence-corrected chi connectivity index (χ4v) is 2.16. The molecule has 0 saturated heterocycles. The molecule has 0 radical (unpaired) electrons. The van der Waals surface area contributed by atoms with Crippen molar-refractivity contribution in [3.63, 3.8) is 0 Å². The van der Waals surface area contributed by atoms with Crippen molar-refractivity contribution in [3.8, 4) is 11.8 Å². The van der Waals surface area contributed by atoms with Gasteiger partial charge in [0.05, 0.1) is 11.0 Å². The summed E-state index contributed by atoms with van der Waals surface area (Å²) in [4.78, 5) is 10.4. The van der Waals surface area contributed by atoms with Gasteiger partial charge in [0.2, 0.25) is 0 Å². The van der Waals surface area contributed by atoms with Crippen molar-refractivity contribution in [2.75, 3.05) is 6.61 Å². The molecule has 2 N–H and O–H groups in total. The van der Waals surface area contributed by atoms with Crippen molar-refractivity contribution < 1.29 is 9.66 Å². The highest BCUT2D eigenvalue weighted by Crippen LogP contribution is 2.38. The van der Waals surface area contributed by atoms with Crippen molar-refractivity contribution >= 4 is 5.69 Å². The van der Waals surface area contributed by atoms with Crippen molar-refractivity contribution in [2.45, 2.75) is 32.2 Å². The first-order valence-corrected chi connectivity index (χ1v) is 6.46. The van der Waals surface area contributed by atoms with Crippen molar-refractivity contribution in [1.82, 2.24) is 0 Å². The van der Waals surface area contributed by atoms with Crippen molar-refractivity contribution in [3.05, 3.63) is 33.4 Å². The summed E-state index contributed by atoms with van der Waals surface area (Å²) in [5, 5.41) is 20.0. The average Bonchev–Trinajstić information content (AvgIpc) is 3.23. The van der Waals surface area contributed by atoms with Gasteiger partial charge < -0.3 is 10.5 Å². The van der Waals surface area contributed by atoms with E-state index in [0.717, 1.165) is 12.8 Å². The van der Waals surface area contributed by atoms with Crippen LogP contribution in [0.3, 0.4) is 0 Å². The molecular formula is C14H17N3O3. The quantitative estimate of drug-likeness (QED) is 0.655. The Morgan fingerprint density at radius 2 is 2.15 bits per heavy atom. The Kier molecular flexibility index (Phi) is 3.64. The molecule has 1 unspecified atom stereocenters. The van der Waals surface area contributed by atoms with Crippen LogP contribution in [0.4, 0.5) is 5.69 Å². The molecule has 1 fully saturated rings. The summed E-state index contributed by atoms with van der Waals surface area (Å²) in [6, 6.07) is 5.22. The summed E-state index contributed by atoms with van der Waals surface area (Å²) in [6.07, 6.45) is 1.90. The molecular weight excluding hydrogens is 258 g/mol. The van der Waals surface area contributed by atoms with Crippen LogP contribution in [0.25, 0.3) is 0 Å². The van der Waals surface area contributed by atoms with E-state index in [2.05, 4.69) is 6.07 Å². The maximum absolute atomic E-state index is 10.8. The highest BCUT2D eigenvalue weighted by atomic mass is 16.6. The minimum Gasteiger partial charge on any atom is -0.490 e. The second-order valence-corrected chi connectivity index (χ2v) is 5.38. The Morgan fingerprint density at radius 3 is 2.65 bits per heavy atom. The zero-order valence-electron chi connectivity index (χ0n) is 11.5. The number of nitrogens with zero attached hydrogens (tertiary/aromatic N) is 2. The van der Waals surface area contributed by atoms with Gasteiger partial charge in [-0.1, -0.05) is 0 Å². The predicted molar refractivity (Wildman–Crippen MR) is 73.3 cm³/mol. The number of nitrogens with two attached hydrogens (primary N) is 1. The number of hydrogen-bond acceptors (Lipinski definition) is 5. The Hall–Kier alpha value is -2.13. The van der Waals surface area contributed by atoms with Gasteiger partial charge in [-0.2, -0.15) is 5.26 Å². The molecule has 1 saturated carbocycles. The molecule has 1 atom stereocenters. The molecule has 106 valence electrons. The van der Waals surface area contributed by atoms with Gasteiger partial charge in [0.1, 0.15) is 17.9 Å². The van der Waals surface area contributed by atoms with Crippen LogP contribution in [0, 0.1) is 41.2 Å². The van der Waals surface area contributed by atoms with Gasteiger partial charge in [-0.15, -0.1) is 0 Å². The lowest BCUT2D eigenvalue weighted by molar-refractivity contribution is -0.385. The molecule has 1 aliphatic carbocycles. The fourth-order valence-electron chi connectivity index (χ4n) is 2.16. The summed E-state index contributed by atoms with van der Waals surface area (Å²) >= 11 is 0. The molecule has 1 aliphatic rings. The summed E-state index contributed by atoms with van der Waals surface area (Å²) < 4.78 is 5.64. The molecule has 0 heterocycles. The van der Waals surface area contributed by atoms with Gasteiger partial charge in [-0.05, 0) is 44.2 Å². The third-order valence-electron chi connectivity index (χ3n) is 3.67. The third-order valence-corrected chi connectivity index (χ3v) is 3.67. The van der Waals surface area contributed by atoms with Gasteiger partial charge in [-0.25, -0.2) is 0 Å². The van der Waals surface area contributed by atoms with Crippen LogP contribution in [-0.2, 0) is 0 Å². The van der Waals surface area contributed by atoms with E-state index in [1.165, 1.54) is 6.07 Å². The monoisotopic (exact) mass is 275 g/mol. The maximum Gasteiger partial charge on any atom is 0.272 e. The first kappa shape index (κ1) is 14.3. The number of nitro groups is 1. The Bertz CT molecular complexity index is 590. The molecule has 1 aromatic carbocycles. The highest BCUT2D eigenvalue weighted by molar-refractivity contribution is 5.49. The van der Waals surface area contributed by atoms with Crippen LogP contribution in [0.5, 0.6) is 5.75 Å². The molecule has 2 rings (SSSR count). The van der Waals surface area contributed by atoms with E-state index in [-0.39, 0.29) is 18.2 Å². The summed E-state index contributed by atoms with van der Waals surface area (Å²) in [6.45, 7) is 3.50. The normalized spacial score (nSPS) is 17.1. The molecule has 0 aromatic heterocycles. The molecule has 0 bridgehead atoms. The van der Waals surface area contributed by atoms with Gasteiger partial charge in [-0.3, -0.25) is 10.1 Å². The minimum absolute atomic E-state index is 0.0661. The van der Waals surface area contributed by atoms with Gasteiger partial charge in [0.25, 0.3) is 5.69 Å². The van der Waals surface area contributed by atoms with Crippen molar-refractivity contribution in [1.29, 1.82) is 5.26 Å². The average molecular weight is 275 g/mol. The van der Waals surface area contributed by atoms with Gasteiger partial charge >= 0.3 is 0 Å². The van der Waals surface area contributed by atoms with Crippen LogP contribution in [-0.4, -0.2) is 17.1 Å². The molecule has 0 aliphatic heterocycles. The van der Waals surface area contributed by atoms with Crippen LogP contribution >= 0.6 is 0 Å². The van der Waals surface area contributed by atoms with Gasteiger partial charge in [0, 0.05) is 11.6 Å². The zero-order chi connectivity index (χ0) is 14.9. The maximum atomic E-state index is 10.8. The lowest BCUT2D eigenvalue weighted by Gasteiger charge is -2.22. The minimum atomic E-state index is -0.970. The topological polar surface area (TPSA) is 102 Å². The van der Waals surface area contributed by atoms with E-state index in [4.69, 9.17) is 10.5 Å². The Balaban J connectivity index is 2.16. The first-order valence-electron chi connectivity index (χ1n) is 6.46. The van der Waals surface area contributed by atoms with Crippen LogP contribution in [0.15, 0.2) is 12.1 Å². The summed E-state index contributed by atoms with van der Waals surface area (Å²) in [5.41, 5.74) is 6.31. The number of rotatable bonds is 5. The summed E-state index contributed by atoms with van der Waals surface area (Å²) in [5.74, 6) is 0.728. The van der Waals surface area contributed by atoms with Crippen LogP contribution in [0.1, 0.15) is 24.0 Å². The molecule has 6 heteroatoms. The smallest absolute Gasteiger partial charge is 0.272 e. The third kappa shape index (κ3) is 2.73. The Morgan fingerprint density at radius 1 is 1.50 bits per heavy atom. The second-order valence-electron chi connectivity index (χ2n) is 5.38. The lowest BCUT2D eigenvalue weighted by Crippen LogP contribution is -2.46. The van der Waals surface area contributed by atoms with E-state index in [1.807, 2.05) is 0 Å². The number of aryl methyl sites for hydroxylation is 2. The van der Waals surface area contributed by atoms with E-state index in [9.17, 15) is 15.4 Å². The standard InChI is InChI=1S/C14H17N3O3/c1-9-6-13(10(2)5-12(9)17(18)19)20-8-14(16,7-15)11-3-4-11/h5-6,11H,3-4,8,16H2,1-2H3. The summed E-state index contributed by atoms with van der Waals surface area (Å²) in [7, 11) is 0. The number of nitro benzene ring substituents is 1. The Labute approximate surface area is 117 Å². The molecule has 20 heavy (non-hydrogen) atoms. The van der Waals surface area contributed by atoms with E-state index < -0.39 is 10.5 Å². The van der Waals surface area contributed by atoms with Crippen molar-refractivity contribution in [2.24, 2.45) is 11.7 Å². The number of ether oxygens (including phenoxy) is 1. The zero-order valence-corrected chi connectivity index (χ0v) is 11.5. The van der Waals surface area contributed by atoms with E-state index in [1.54, 1.807) is 19.9 Å². The molecule has 0 spiro atoms. The lowest BCUT2D eigenvalue weighted by atomic mass is 9.98. The second kappa shape index (κ2) is 5.10. The first-order chi connectivity index (χ1) is 9.37. The number of benzene rings is 1. The largest absolute Gasteiger partial charge is 0.490 e. The SMILES string of the molecule is Cc1cc([N+](=O)[O-])c(C)cc1OCC(N)(C#N)C1CC1. The highest BCUT2D eigenvalue weighted by Gasteiger charge is 2.43.